The van der Waals surface area contributed by atoms with E-state index in [1.165, 1.54) is 6.07 Å². The number of halogens is 1. The molecule has 0 aliphatic heterocycles. The Hall–Kier alpha value is -1.69. The molecule has 0 atom stereocenters. The summed E-state index contributed by atoms with van der Waals surface area (Å²) in [6.45, 7) is 0. The molecule has 0 aromatic carbocycles. The Morgan fingerprint density at radius 2 is 2.31 bits per heavy atom. The van der Waals surface area contributed by atoms with Gasteiger partial charge in [0.1, 0.15) is 6.20 Å². The molecule has 0 saturated carbocycles. The molecule has 13 heavy (non-hydrogen) atoms. The molecule has 66 valence electrons. The summed E-state index contributed by atoms with van der Waals surface area (Å²) in [4.78, 5) is 13.7. The van der Waals surface area contributed by atoms with Crippen LogP contribution in [0.4, 0.5) is 5.82 Å². The molecule has 0 N–H and O–H groups in total. The van der Waals surface area contributed by atoms with E-state index in [2.05, 4.69) is 10.1 Å². The van der Waals surface area contributed by atoms with Gasteiger partial charge in [0.15, 0.2) is 5.15 Å². The van der Waals surface area contributed by atoms with Crippen molar-refractivity contribution in [1.82, 2.24) is 14.6 Å². The zero-order valence-corrected chi connectivity index (χ0v) is 6.97. The van der Waals surface area contributed by atoms with Crippen molar-refractivity contribution in [2.75, 3.05) is 0 Å². The lowest BCUT2D eigenvalue weighted by Crippen LogP contribution is -1.97. The molecule has 2 aromatic rings. The number of hydrogen-bond acceptors (Lipinski definition) is 4. The topological polar surface area (TPSA) is 73.3 Å². The van der Waals surface area contributed by atoms with Gasteiger partial charge in [-0.25, -0.2) is 4.98 Å². The molecule has 0 radical (unpaired) electrons. The minimum Gasteiger partial charge on any atom is -0.358 e. The number of imidazole rings is 1. The van der Waals surface area contributed by atoms with Crippen LogP contribution in [0.1, 0.15) is 0 Å². The van der Waals surface area contributed by atoms with Crippen LogP contribution in [0.15, 0.2) is 18.3 Å². The first kappa shape index (κ1) is 7.93. The number of aromatic nitrogens is 3. The largest absolute Gasteiger partial charge is 0.368 e. The van der Waals surface area contributed by atoms with Crippen molar-refractivity contribution in [2.45, 2.75) is 0 Å². The van der Waals surface area contributed by atoms with E-state index in [1.54, 1.807) is 6.07 Å². The monoisotopic (exact) mass is 198 g/mol. The smallest absolute Gasteiger partial charge is 0.358 e. The second kappa shape index (κ2) is 2.67. The number of fused-ring (bicyclic) bond motifs is 1. The van der Waals surface area contributed by atoms with E-state index in [9.17, 15) is 10.1 Å². The average molecular weight is 199 g/mol. The first-order chi connectivity index (χ1) is 6.18. The van der Waals surface area contributed by atoms with Gasteiger partial charge in [0, 0.05) is 6.07 Å². The third-order valence-corrected chi connectivity index (χ3v) is 1.70. The highest BCUT2D eigenvalue weighted by atomic mass is 35.5. The fourth-order valence-corrected chi connectivity index (χ4v) is 1.10. The van der Waals surface area contributed by atoms with E-state index in [4.69, 9.17) is 11.6 Å². The van der Waals surface area contributed by atoms with Gasteiger partial charge in [-0.3, -0.25) is 0 Å². The Labute approximate surface area is 76.9 Å². The standard InChI is InChI=1S/C6H3ClN4O2/c7-4-1-2-5-8-3-6(11(12)13)10(5)9-4/h1-3H. The number of hydrogen-bond donors (Lipinski definition) is 0. The summed E-state index contributed by atoms with van der Waals surface area (Å²) in [5.74, 6) is -0.197. The molecule has 6 nitrogen and oxygen atoms in total. The predicted octanol–water partition coefficient (Wildman–Crippen LogP) is 1.29. The van der Waals surface area contributed by atoms with Gasteiger partial charge < -0.3 is 10.1 Å². The molecule has 7 heteroatoms. The van der Waals surface area contributed by atoms with E-state index < -0.39 is 4.92 Å². The molecule has 0 unspecified atom stereocenters. The van der Waals surface area contributed by atoms with Crippen molar-refractivity contribution >= 4 is 23.1 Å². The lowest BCUT2D eigenvalue weighted by atomic mass is 10.6. The average Bonchev–Trinajstić information content (AvgIpc) is 2.46. The highest BCUT2D eigenvalue weighted by Gasteiger charge is 2.14. The van der Waals surface area contributed by atoms with E-state index >= 15 is 0 Å². The predicted molar refractivity (Wildman–Crippen MR) is 44.7 cm³/mol. The normalized spacial score (nSPS) is 10.5. The van der Waals surface area contributed by atoms with Gasteiger partial charge in [-0.05, 0) is 11.0 Å². The zero-order valence-electron chi connectivity index (χ0n) is 6.22. The Morgan fingerprint density at radius 1 is 1.54 bits per heavy atom. The molecule has 0 saturated heterocycles. The summed E-state index contributed by atoms with van der Waals surface area (Å²) in [6.07, 6.45) is 1.14. The van der Waals surface area contributed by atoms with Gasteiger partial charge in [-0.2, -0.15) is 0 Å². The van der Waals surface area contributed by atoms with Crippen molar-refractivity contribution in [2.24, 2.45) is 0 Å². The second-order valence-corrected chi connectivity index (χ2v) is 2.69. The summed E-state index contributed by atoms with van der Waals surface area (Å²) in [7, 11) is 0. The summed E-state index contributed by atoms with van der Waals surface area (Å²) in [6, 6.07) is 3.08. The molecular weight excluding hydrogens is 196 g/mol. The van der Waals surface area contributed by atoms with Crippen molar-refractivity contribution in [3.63, 3.8) is 0 Å². The molecular formula is C6H3ClN4O2. The quantitative estimate of drug-likeness (QED) is 0.511. The maximum absolute atomic E-state index is 10.4. The maximum atomic E-state index is 10.4. The highest BCUT2D eigenvalue weighted by molar-refractivity contribution is 6.29. The second-order valence-electron chi connectivity index (χ2n) is 2.30. The number of nitro groups is 1. The van der Waals surface area contributed by atoms with Gasteiger partial charge in [0.2, 0.25) is 5.65 Å². The number of nitrogens with zero attached hydrogens (tertiary/aromatic N) is 4. The fourth-order valence-electron chi connectivity index (χ4n) is 0.963. The van der Waals surface area contributed by atoms with Gasteiger partial charge in [0.25, 0.3) is 0 Å². The molecule has 0 aliphatic carbocycles. The van der Waals surface area contributed by atoms with Crippen LogP contribution in [0.5, 0.6) is 0 Å². The van der Waals surface area contributed by atoms with Crippen LogP contribution in [-0.2, 0) is 0 Å². The van der Waals surface area contributed by atoms with Gasteiger partial charge in [-0.1, -0.05) is 21.2 Å². The van der Waals surface area contributed by atoms with Gasteiger partial charge >= 0.3 is 5.82 Å². The number of rotatable bonds is 1. The maximum Gasteiger partial charge on any atom is 0.368 e. The Bertz CT molecular complexity index is 480. The molecule has 2 heterocycles. The van der Waals surface area contributed by atoms with Gasteiger partial charge in [0.05, 0.1) is 0 Å². The van der Waals surface area contributed by atoms with Crippen molar-refractivity contribution in [1.29, 1.82) is 0 Å². The van der Waals surface area contributed by atoms with Crippen LogP contribution in [0.2, 0.25) is 5.15 Å². The zero-order chi connectivity index (χ0) is 9.42. The molecule has 0 aliphatic rings. The van der Waals surface area contributed by atoms with E-state index in [1.807, 2.05) is 0 Å². The van der Waals surface area contributed by atoms with Crippen LogP contribution < -0.4 is 0 Å². The van der Waals surface area contributed by atoms with Crippen molar-refractivity contribution < 1.29 is 4.92 Å². The van der Waals surface area contributed by atoms with E-state index in [-0.39, 0.29) is 11.0 Å². The molecule has 0 bridgehead atoms. The first-order valence-corrected chi connectivity index (χ1v) is 3.71. The van der Waals surface area contributed by atoms with Gasteiger partial charge in [-0.15, -0.1) is 0 Å². The molecule has 0 spiro atoms. The molecule has 2 rings (SSSR count). The third-order valence-electron chi connectivity index (χ3n) is 1.50. The van der Waals surface area contributed by atoms with Crippen LogP contribution >= 0.6 is 11.6 Å². The minimum absolute atomic E-state index is 0.189. The Balaban J connectivity index is 2.79. The summed E-state index contributed by atoms with van der Waals surface area (Å²) >= 11 is 5.57. The Morgan fingerprint density at radius 3 is 3.00 bits per heavy atom. The third kappa shape index (κ3) is 1.20. The Kier molecular flexibility index (Phi) is 1.63. The van der Waals surface area contributed by atoms with Crippen molar-refractivity contribution in [3.05, 3.63) is 33.6 Å². The van der Waals surface area contributed by atoms with Crippen LogP contribution in [-0.4, -0.2) is 19.5 Å². The van der Waals surface area contributed by atoms with Crippen LogP contribution in [0, 0.1) is 10.1 Å². The van der Waals surface area contributed by atoms with Crippen LogP contribution in [0.3, 0.4) is 0 Å². The lowest BCUT2D eigenvalue weighted by Gasteiger charge is -1.90. The fraction of sp³-hybridized carbons (Fsp3) is 0. The molecule has 0 fully saturated rings. The highest BCUT2D eigenvalue weighted by Crippen LogP contribution is 2.14. The molecule has 2 aromatic heterocycles. The van der Waals surface area contributed by atoms with Crippen molar-refractivity contribution in [3.8, 4) is 0 Å². The summed E-state index contributed by atoms with van der Waals surface area (Å²) in [5.41, 5.74) is 0.399. The molecule has 0 amide bonds. The van der Waals surface area contributed by atoms with E-state index in [0.29, 0.717) is 5.65 Å². The minimum atomic E-state index is -0.566. The SMILES string of the molecule is O=[N+]([O-])c1cnc2ccc(Cl)nn12. The van der Waals surface area contributed by atoms with Crippen LogP contribution in [0.25, 0.3) is 5.65 Å². The first-order valence-electron chi connectivity index (χ1n) is 3.33. The lowest BCUT2D eigenvalue weighted by molar-refractivity contribution is -0.391. The summed E-state index contributed by atoms with van der Waals surface area (Å²) in [5, 5.41) is 14.4. The van der Waals surface area contributed by atoms with E-state index in [0.717, 1.165) is 10.7 Å². The summed E-state index contributed by atoms with van der Waals surface area (Å²) < 4.78 is 1.09.